The molecule has 0 heterocycles. The molecule has 1 atom stereocenters. The maximum absolute atomic E-state index is 9.70. The van der Waals surface area contributed by atoms with Crippen LogP contribution in [0.2, 0.25) is 0 Å². The fourth-order valence-electron chi connectivity index (χ4n) is 3.75. The van der Waals surface area contributed by atoms with Crippen molar-refractivity contribution in [2.45, 2.75) is 44.4 Å². The predicted molar refractivity (Wildman–Crippen MR) is 78.4 cm³/mol. The summed E-state index contributed by atoms with van der Waals surface area (Å²) in [5.74, 6) is 0.690. The first-order chi connectivity index (χ1) is 9.33. The van der Waals surface area contributed by atoms with E-state index in [9.17, 15) is 5.11 Å². The third-order valence-electron chi connectivity index (χ3n) is 5.10. The molecule has 0 saturated heterocycles. The Bertz CT molecular complexity index is 423. The van der Waals surface area contributed by atoms with Gasteiger partial charge in [0.25, 0.3) is 0 Å². The van der Waals surface area contributed by atoms with Crippen LogP contribution in [0, 0.1) is 5.41 Å². The lowest BCUT2D eigenvalue weighted by atomic mass is 9.74. The highest BCUT2D eigenvalue weighted by Gasteiger charge is 2.32. The lowest BCUT2D eigenvalue weighted by Gasteiger charge is -2.37. The van der Waals surface area contributed by atoms with Gasteiger partial charge in [-0.2, -0.15) is 0 Å². The minimum absolute atomic E-state index is 0.168. The van der Waals surface area contributed by atoms with Gasteiger partial charge in [0.15, 0.2) is 0 Å². The summed E-state index contributed by atoms with van der Waals surface area (Å²) in [6, 6.07) is 8.77. The summed E-state index contributed by atoms with van der Waals surface area (Å²) < 4.78 is 0. The Morgan fingerprint density at radius 1 is 1.16 bits per heavy atom. The molecule has 1 aromatic rings. The van der Waals surface area contributed by atoms with Gasteiger partial charge in [-0.1, -0.05) is 43.5 Å². The number of nitrogens with one attached hydrogen (secondary N) is 1. The minimum atomic E-state index is 0.168. The van der Waals surface area contributed by atoms with Gasteiger partial charge in [-0.3, -0.25) is 0 Å². The summed E-state index contributed by atoms with van der Waals surface area (Å²) in [6.45, 7) is 2.40. The average Bonchev–Trinajstić information content (AvgIpc) is 2.45. The van der Waals surface area contributed by atoms with Crippen LogP contribution in [0.15, 0.2) is 24.3 Å². The largest absolute Gasteiger partial charge is 0.396 e. The first kappa shape index (κ1) is 13.1. The zero-order valence-electron chi connectivity index (χ0n) is 11.7. The normalized spacial score (nSPS) is 24.6. The molecule has 3 rings (SSSR count). The van der Waals surface area contributed by atoms with E-state index in [0.717, 1.165) is 13.1 Å². The van der Waals surface area contributed by atoms with Gasteiger partial charge in [0, 0.05) is 31.0 Å². The van der Waals surface area contributed by atoms with E-state index < -0.39 is 0 Å². The Labute approximate surface area is 116 Å². The number of aliphatic hydroxyl groups excluding tert-OH is 1. The SMILES string of the molecule is OCC1(CNCC2Cc3ccccc32)CCCCC1. The number of aliphatic hydroxyl groups is 1. The highest BCUT2D eigenvalue weighted by molar-refractivity contribution is 5.40. The second-order valence-corrected chi connectivity index (χ2v) is 6.45. The Balaban J connectivity index is 1.49. The van der Waals surface area contributed by atoms with Crippen LogP contribution in [-0.4, -0.2) is 24.8 Å². The van der Waals surface area contributed by atoms with Gasteiger partial charge in [-0.05, 0) is 30.4 Å². The predicted octanol–water partition coefficient (Wildman–Crippen LogP) is 2.86. The third-order valence-corrected chi connectivity index (χ3v) is 5.10. The molecule has 104 valence electrons. The van der Waals surface area contributed by atoms with Crippen LogP contribution in [-0.2, 0) is 6.42 Å². The molecule has 0 aromatic heterocycles. The van der Waals surface area contributed by atoms with Gasteiger partial charge in [-0.25, -0.2) is 0 Å². The fraction of sp³-hybridized carbons (Fsp3) is 0.647. The molecule has 2 heteroatoms. The number of rotatable bonds is 5. The van der Waals surface area contributed by atoms with Gasteiger partial charge in [0.2, 0.25) is 0 Å². The van der Waals surface area contributed by atoms with E-state index in [1.54, 1.807) is 0 Å². The molecule has 0 bridgehead atoms. The van der Waals surface area contributed by atoms with Crippen molar-refractivity contribution < 1.29 is 5.11 Å². The summed E-state index contributed by atoms with van der Waals surface area (Å²) in [7, 11) is 0. The average molecular weight is 259 g/mol. The van der Waals surface area contributed by atoms with E-state index in [1.807, 2.05) is 0 Å². The second kappa shape index (κ2) is 5.64. The van der Waals surface area contributed by atoms with Crippen LogP contribution >= 0.6 is 0 Å². The molecule has 0 radical (unpaired) electrons. The quantitative estimate of drug-likeness (QED) is 0.852. The smallest absolute Gasteiger partial charge is 0.0499 e. The van der Waals surface area contributed by atoms with Crippen molar-refractivity contribution in [1.29, 1.82) is 0 Å². The fourth-order valence-corrected chi connectivity index (χ4v) is 3.75. The highest BCUT2D eigenvalue weighted by atomic mass is 16.3. The third kappa shape index (κ3) is 2.70. The lowest BCUT2D eigenvalue weighted by Crippen LogP contribution is -2.41. The molecule has 0 amide bonds. The van der Waals surface area contributed by atoms with Crippen LogP contribution in [0.25, 0.3) is 0 Å². The first-order valence-corrected chi connectivity index (χ1v) is 7.72. The van der Waals surface area contributed by atoms with Crippen LogP contribution < -0.4 is 5.32 Å². The molecular formula is C17H25NO. The topological polar surface area (TPSA) is 32.3 Å². The summed E-state index contributed by atoms with van der Waals surface area (Å²) in [5.41, 5.74) is 3.21. The maximum Gasteiger partial charge on any atom is 0.0499 e. The van der Waals surface area contributed by atoms with Gasteiger partial charge in [0.1, 0.15) is 0 Å². The van der Waals surface area contributed by atoms with E-state index >= 15 is 0 Å². The molecule has 1 fully saturated rings. The van der Waals surface area contributed by atoms with Crippen LogP contribution in [0.4, 0.5) is 0 Å². The molecule has 1 saturated carbocycles. The van der Waals surface area contributed by atoms with Gasteiger partial charge in [-0.15, -0.1) is 0 Å². The maximum atomic E-state index is 9.70. The molecule has 19 heavy (non-hydrogen) atoms. The van der Waals surface area contributed by atoms with Gasteiger partial charge in [0.05, 0.1) is 0 Å². The van der Waals surface area contributed by atoms with Crippen molar-refractivity contribution in [1.82, 2.24) is 5.32 Å². The van der Waals surface area contributed by atoms with E-state index in [-0.39, 0.29) is 5.41 Å². The minimum Gasteiger partial charge on any atom is -0.396 e. The lowest BCUT2D eigenvalue weighted by molar-refractivity contribution is 0.0809. The molecular weight excluding hydrogens is 234 g/mol. The summed E-state index contributed by atoms with van der Waals surface area (Å²) in [6.07, 6.45) is 7.52. The molecule has 2 aliphatic carbocycles. The Morgan fingerprint density at radius 2 is 1.95 bits per heavy atom. The van der Waals surface area contributed by atoms with Crippen molar-refractivity contribution in [2.24, 2.45) is 5.41 Å². The molecule has 2 nitrogen and oxygen atoms in total. The van der Waals surface area contributed by atoms with Crippen LogP contribution in [0.3, 0.4) is 0 Å². The van der Waals surface area contributed by atoms with Crippen molar-refractivity contribution in [3.05, 3.63) is 35.4 Å². The molecule has 2 N–H and O–H groups in total. The zero-order valence-corrected chi connectivity index (χ0v) is 11.7. The Morgan fingerprint density at radius 3 is 2.68 bits per heavy atom. The van der Waals surface area contributed by atoms with Crippen molar-refractivity contribution >= 4 is 0 Å². The summed E-state index contributed by atoms with van der Waals surface area (Å²) in [4.78, 5) is 0. The van der Waals surface area contributed by atoms with E-state index in [4.69, 9.17) is 0 Å². The number of benzene rings is 1. The second-order valence-electron chi connectivity index (χ2n) is 6.45. The molecule has 2 aliphatic rings. The number of fused-ring (bicyclic) bond motifs is 1. The first-order valence-electron chi connectivity index (χ1n) is 7.72. The van der Waals surface area contributed by atoms with Gasteiger partial charge < -0.3 is 10.4 Å². The molecule has 1 aromatic carbocycles. The summed E-state index contributed by atoms with van der Waals surface area (Å²) in [5, 5.41) is 13.3. The Hall–Kier alpha value is -0.860. The van der Waals surface area contributed by atoms with Gasteiger partial charge >= 0.3 is 0 Å². The number of hydrogen-bond acceptors (Lipinski definition) is 2. The standard InChI is InChI=1S/C17H25NO/c19-13-17(8-4-1-5-9-17)12-18-11-15-10-14-6-2-3-7-16(14)15/h2-3,6-7,15,18-19H,1,4-5,8-13H2. The van der Waals surface area contributed by atoms with E-state index in [2.05, 4.69) is 29.6 Å². The summed E-state index contributed by atoms with van der Waals surface area (Å²) >= 11 is 0. The Kier molecular flexibility index (Phi) is 3.90. The van der Waals surface area contributed by atoms with Crippen molar-refractivity contribution in [3.8, 4) is 0 Å². The zero-order chi connectivity index (χ0) is 13.1. The van der Waals surface area contributed by atoms with Crippen molar-refractivity contribution in [2.75, 3.05) is 19.7 Å². The van der Waals surface area contributed by atoms with E-state index in [1.165, 1.54) is 49.7 Å². The van der Waals surface area contributed by atoms with E-state index in [0.29, 0.717) is 12.5 Å². The highest BCUT2D eigenvalue weighted by Crippen LogP contribution is 2.36. The molecule has 1 unspecified atom stereocenters. The number of hydrogen-bond donors (Lipinski definition) is 2. The van der Waals surface area contributed by atoms with Crippen LogP contribution in [0.5, 0.6) is 0 Å². The van der Waals surface area contributed by atoms with Crippen LogP contribution in [0.1, 0.15) is 49.1 Å². The molecule has 0 aliphatic heterocycles. The van der Waals surface area contributed by atoms with Crippen molar-refractivity contribution in [3.63, 3.8) is 0 Å². The molecule has 0 spiro atoms. The monoisotopic (exact) mass is 259 g/mol.